The van der Waals surface area contributed by atoms with Crippen LogP contribution in [0.15, 0.2) is 35.7 Å². The maximum atomic E-state index is 13.0. The van der Waals surface area contributed by atoms with Crippen LogP contribution in [0.4, 0.5) is 15.6 Å². The molecule has 0 aliphatic heterocycles. The SMILES string of the molecule is Cc1ccc(NC(=O)Nc2ncc(CCSc3nc(C(=O)O)cn3C)s2)c(C(=O)C2CCCC2)c1. The lowest BCUT2D eigenvalue weighted by atomic mass is 9.94. The van der Waals surface area contributed by atoms with Crippen LogP contribution in [0.3, 0.4) is 0 Å². The standard InChI is InChI=1S/C24H27N5O4S2/c1-14-7-8-18(17(11-14)20(30)15-5-3-4-6-15)26-22(33)28-23-25-12-16(35-23)9-10-34-24-27-19(21(31)32)13-29(24)2/h7-8,11-13,15H,3-6,9-10H2,1-2H3,(H,31,32)(H2,25,26,28,33). The fraction of sp³-hybridized carbons (Fsp3) is 0.375. The van der Waals surface area contributed by atoms with Gasteiger partial charge >= 0.3 is 12.0 Å². The van der Waals surface area contributed by atoms with Crippen molar-refractivity contribution in [3.8, 4) is 0 Å². The van der Waals surface area contributed by atoms with Gasteiger partial charge in [-0.25, -0.2) is 19.6 Å². The number of aromatic carboxylic acids is 1. The topological polar surface area (TPSA) is 126 Å². The number of carboxylic acid groups (broad SMARTS) is 1. The number of hydrogen-bond donors (Lipinski definition) is 3. The first-order valence-electron chi connectivity index (χ1n) is 11.4. The predicted octanol–water partition coefficient (Wildman–Crippen LogP) is 5.23. The number of carbonyl (C=O) groups excluding carboxylic acids is 2. The maximum absolute atomic E-state index is 13.0. The molecule has 1 aliphatic rings. The van der Waals surface area contributed by atoms with Gasteiger partial charge in [0.25, 0.3) is 0 Å². The van der Waals surface area contributed by atoms with Gasteiger partial charge in [-0.2, -0.15) is 0 Å². The molecule has 2 heterocycles. The van der Waals surface area contributed by atoms with Crippen LogP contribution in [0.2, 0.25) is 0 Å². The van der Waals surface area contributed by atoms with Gasteiger partial charge in [0.1, 0.15) is 0 Å². The number of carbonyl (C=O) groups is 3. The normalized spacial score (nSPS) is 13.7. The van der Waals surface area contributed by atoms with Crippen molar-refractivity contribution in [3.63, 3.8) is 0 Å². The molecule has 1 aromatic carbocycles. The molecule has 3 N–H and O–H groups in total. The Bertz CT molecular complexity index is 1250. The van der Waals surface area contributed by atoms with Gasteiger partial charge in [-0.3, -0.25) is 10.1 Å². The zero-order valence-electron chi connectivity index (χ0n) is 19.5. The van der Waals surface area contributed by atoms with Crippen molar-refractivity contribution >= 4 is 51.7 Å². The molecule has 0 unspecified atom stereocenters. The molecular formula is C24H27N5O4S2. The summed E-state index contributed by atoms with van der Waals surface area (Å²) in [6, 6.07) is 5.05. The van der Waals surface area contributed by atoms with E-state index in [0.29, 0.717) is 33.7 Å². The molecule has 0 spiro atoms. The summed E-state index contributed by atoms with van der Waals surface area (Å²) in [4.78, 5) is 46.0. The fourth-order valence-electron chi connectivity index (χ4n) is 4.04. The maximum Gasteiger partial charge on any atom is 0.356 e. The number of rotatable bonds is 9. The number of thioether (sulfide) groups is 1. The van der Waals surface area contributed by atoms with Crippen LogP contribution >= 0.6 is 23.1 Å². The van der Waals surface area contributed by atoms with E-state index < -0.39 is 12.0 Å². The van der Waals surface area contributed by atoms with Crippen molar-refractivity contribution in [3.05, 3.63) is 52.3 Å². The summed E-state index contributed by atoms with van der Waals surface area (Å²) in [5.74, 6) is -0.238. The molecule has 2 amide bonds. The van der Waals surface area contributed by atoms with Gasteiger partial charge in [-0.05, 0) is 38.3 Å². The zero-order chi connectivity index (χ0) is 24.9. The quantitative estimate of drug-likeness (QED) is 0.264. The third-order valence-electron chi connectivity index (χ3n) is 5.82. The van der Waals surface area contributed by atoms with Gasteiger partial charge in [-0.15, -0.1) is 11.3 Å². The Morgan fingerprint density at radius 1 is 1.23 bits per heavy atom. The second-order valence-electron chi connectivity index (χ2n) is 8.53. The number of hydrogen-bond acceptors (Lipinski definition) is 7. The van der Waals surface area contributed by atoms with Crippen molar-refractivity contribution in [2.24, 2.45) is 13.0 Å². The Morgan fingerprint density at radius 3 is 2.71 bits per heavy atom. The number of amides is 2. The Morgan fingerprint density at radius 2 is 2.00 bits per heavy atom. The highest BCUT2D eigenvalue weighted by molar-refractivity contribution is 7.99. The average molecular weight is 514 g/mol. The van der Waals surface area contributed by atoms with Crippen LogP contribution in [0.5, 0.6) is 0 Å². The molecule has 35 heavy (non-hydrogen) atoms. The van der Waals surface area contributed by atoms with Gasteiger partial charge < -0.3 is 15.0 Å². The molecule has 184 valence electrons. The lowest BCUT2D eigenvalue weighted by Gasteiger charge is -2.14. The minimum atomic E-state index is -1.05. The van der Waals surface area contributed by atoms with E-state index >= 15 is 0 Å². The summed E-state index contributed by atoms with van der Waals surface area (Å²) in [5, 5.41) is 15.7. The molecule has 9 nitrogen and oxygen atoms in total. The number of Topliss-reactive ketones (excluding diaryl/α,β-unsaturated/α-hetero) is 1. The monoisotopic (exact) mass is 513 g/mol. The van der Waals surface area contributed by atoms with Crippen molar-refractivity contribution in [2.75, 3.05) is 16.4 Å². The Kier molecular flexibility index (Phi) is 7.86. The molecule has 0 atom stereocenters. The second-order valence-corrected chi connectivity index (χ2v) is 10.7. The number of imidazole rings is 1. The van der Waals surface area contributed by atoms with Gasteiger partial charge in [0.2, 0.25) is 0 Å². The van der Waals surface area contributed by atoms with Crippen LogP contribution in [-0.2, 0) is 13.5 Å². The molecule has 3 aromatic rings. The lowest BCUT2D eigenvalue weighted by Crippen LogP contribution is -2.22. The molecule has 0 bridgehead atoms. The summed E-state index contributed by atoms with van der Waals surface area (Å²) < 4.78 is 1.69. The number of benzene rings is 1. The van der Waals surface area contributed by atoms with E-state index in [2.05, 4.69) is 20.6 Å². The molecule has 0 radical (unpaired) electrons. The van der Waals surface area contributed by atoms with E-state index in [9.17, 15) is 14.4 Å². The van der Waals surface area contributed by atoms with Gasteiger partial charge in [0.15, 0.2) is 21.8 Å². The van der Waals surface area contributed by atoms with E-state index in [1.165, 1.54) is 29.3 Å². The summed E-state index contributed by atoms with van der Waals surface area (Å²) >= 11 is 2.83. The minimum Gasteiger partial charge on any atom is -0.476 e. The number of ketones is 1. The van der Waals surface area contributed by atoms with Crippen LogP contribution in [0, 0.1) is 12.8 Å². The van der Waals surface area contributed by atoms with Crippen molar-refractivity contribution in [1.29, 1.82) is 0 Å². The third-order valence-corrected chi connectivity index (χ3v) is 7.84. The number of nitrogens with one attached hydrogen (secondary N) is 2. The third kappa shape index (κ3) is 6.29. The lowest BCUT2D eigenvalue weighted by molar-refractivity contribution is 0.0690. The zero-order valence-corrected chi connectivity index (χ0v) is 21.2. The van der Waals surface area contributed by atoms with Gasteiger partial charge in [0.05, 0.1) is 5.69 Å². The number of aryl methyl sites for hydroxylation is 3. The predicted molar refractivity (Wildman–Crippen MR) is 137 cm³/mol. The van der Waals surface area contributed by atoms with Crippen LogP contribution in [0.25, 0.3) is 0 Å². The van der Waals surface area contributed by atoms with Gasteiger partial charge in [0, 0.05) is 41.6 Å². The number of carboxylic acids is 1. The Balaban J connectivity index is 1.32. The number of anilines is 2. The molecule has 1 saturated carbocycles. The Hall–Kier alpha value is -3.18. The summed E-state index contributed by atoms with van der Waals surface area (Å²) in [5.41, 5.74) is 2.06. The first-order valence-corrected chi connectivity index (χ1v) is 13.2. The molecule has 11 heteroatoms. The van der Waals surface area contributed by atoms with E-state index in [1.54, 1.807) is 23.9 Å². The van der Waals surface area contributed by atoms with Crippen LogP contribution in [0.1, 0.15) is 57.0 Å². The fourth-order valence-corrected chi connectivity index (χ4v) is 5.90. The number of aromatic nitrogens is 3. The van der Waals surface area contributed by atoms with Gasteiger partial charge in [-0.1, -0.05) is 36.2 Å². The molecular weight excluding hydrogens is 486 g/mol. The Labute approximate surface area is 211 Å². The van der Waals surface area contributed by atoms with E-state index in [4.69, 9.17) is 5.11 Å². The highest BCUT2D eigenvalue weighted by Gasteiger charge is 2.26. The average Bonchev–Trinajstić information content (AvgIpc) is 3.57. The molecule has 1 aliphatic carbocycles. The summed E-state index contributed by atoms with van der Waals surface area (Å²) in [6.07, 6.45) is 7.84. The molecule has 0 saturated heterocycles. The molecule has 1 fully saturated rings. The van der Waals surface area contributed by atoms with Crippen molar-refractivity contribution in [2.45, 2.75) is 44.2 Å². The smallest absolute Gasteiger partial charge is 0.356 e. The summed E-state index contributed by atoms with van der Waals surface area (Å²) in [7, 11) is 1.76. The van der Waals surface area contributed by atoms with E-state index in [-0.39, 0.29) is 17.4 Å². The van der Waals surface area contributed by atoms with Crippen molar-refractivity contribution < 1.29 is 19.5 Å². The van der Waals surface area contributed by atoms with E-state index in [0.717, 1.165) is 36.1 Å². The minimum absolute atomic E-state index is 0.0203. The van der Waals surface area contributed by atoms with Crippen LogP contribution < -0.4 is 10.6 Å². The number of urea groups is 1. The highest BCUT2D eigenvalue weighted by atomic mass is 32.2. The van der Waals surface area contributed by atoms with E-state index in [1.807, 2.05) is 19.1 Å². The highest BCUT2D eigenvalue weighted by Crippen LogP contribution is 2.31. The molecule has 4 rings (SSSR count). The first-order chi connectivity index (χ1) is 16.8. The van der Waals surface area contributed by atoms with Crippen molar-refractivity contribution in [1.82, 2.24) is 14.5 Å². The largest absolute Gasteiger partial charge is 0.476 e. The summed E-state index contributed by atoms with van der Waals surface area (Å²) in [6.45, 7) is 1.93. The first kappa shape index (κ1) is 24.9. The second kappa shape index (κ2) is 11.0. The van der Waals surface area contributed by atoms with Crippen LogP contribution in [-0.4, -0.2) is 43.2 Å². The number of nitrogens with zero attached hydrogens (tertiary/aromatic N) is 3. The number of thiazole rings is 1. The molecule has 2 aromatic heterocycles.